The van der Waals surface area contributed by atoms with Gasteiger partial charge in [-0.25, -0.2) is 4.39 Å². The predicted octanol–water partition coefficient (Wildman–Crippen LogP) is 5.80. The number of benzene rings is 2. The molecule has 0 saturated heterocycles. The van der Waals surface area contributed by atoms with Crippen molar-refractivity contribution in [3.05, 3.63) is 82.9 Å². The van der Waals surface area contributed by atoms with Crippen LogP contribution in [-0.2, 0) is 20.7 Å². The summed E-state index contributed by atoms with van der Waals surface area (Å²) in [6.45, 7) is 1.68. The van der Waals surface area contributed by atoms with Gasteiger partial charge >= 0.3 is 5.97 Å². The lowest BCUT2D eigenvalue weighted by Gasteiger charge is -2.19. The molecule has 3 heterocycles. The van der Waals surface area contributed by atoms with Crippen LogP contribution >= 0.6 is 0 Å². The molecule has 0 bridgehead atoms. The van der Waals surface area contributed by atoms with Crippen LogP contribution in [0.1, 0.15) is 53.7 Å². The van der Waals surface area contributed by atoms with Crippen LogP contribution in [-0.4, -0.2) is 37.9 Å². The molecule has 2 aromatic carbocycles. The lowest BCUT2D eigenvalue weighted by Crippen LogP contribution is -2.09. The molecule has 0 spiro atoms. The Balaban J connectivity index is 1.29. The lowest BCUT2D eigenvalue weighted by atomic mass is 9.92. The number of carbonyl (C=O) groups excluding carboxylic acids is 1. The Bertz CT molecular complexity index is 1380. The Morgan fingerprint density at radius 3 is 2.92 bits per heavy atom. The molecule has 7 heteroatoms. The summed E-state index contributed by atoms with van der Waals surface area (Å²) in [7, 11) is 1.39. The number of methoxy groups -OCH3 is 1. The molecule has 0 N–H and O–H groups in total. The molecule has 37 heavy (non-hydrogen) atoms. The van der Waals surface area contributed by atoms with Gasteiger partial charge in [-0.3, -0.25) is 9.78 Å². The van der Waals surface area contributed by atoms with E-state index in [0.29, 0.717) is 49.7 Å². The number of pyridine rings is 1. The fraction of sp³-hybridized carbons (Fsp3) is 0.333. The number of hydrogen-bond donors (Lipinski definition) is 0. The smallest absolute Gasteiger partial charge is 0.306 e. The van der Waals surface area contributed by atoms with E-state index >= 15 is 4.39 Å². The third-order valence-electron chi connectivity index (χ3n) is 7.43. The van der Waals surface area contributed by atoms with Gasteiger partial charge in [0.1, 0.15) is 23.4 Å². The van der Waals surface area contributed by atoms with Crippen molar-refractivity contribution < 1.29 is 28.1 Å². The molecule has 2 atom stereocenters. The maximum Gasteiger partial charge on any atom is 0.306 e. The fourth-order valence-electron chi connectivity index (χ4n) is 5.61. The molecule has 6 nitrogen and oxygen atoms in total. The number of hydrogen-bond acceptors (Lipinski definition) is 6. The Kier molecular flexibility index (Phi) is 6.38. The summed E-state index contributed by atoms with van der Waals surface area (Å²) >= 11 is 0. The van der Waals surface area contributed by atoms with E-state index in [9.17, 15) is 4.79 Å². The SMILES string of the molecule is COC(=O)C[C@@H]1COc2cc(O[C@@H]3CCc4c(-c5cccnc5C5=CCOCC5)ccc(F)c43)ccc21. The van der Waals surface area contributed by atoms with Gasteiger partial charge in [-0.05, 0) is 54.2 Å². The zero-order chi connectivity index (χ0) is 25.4. The molecule has 0 saturated carbocycles. The van der Waals surface area contributed by atoms with Crippen molar-refractivity contribution in [2.45, 2.75) is 37.7 Å². The number of halogens is 1. The van der Waals surface area contributed by atoms with Crippen LogP contribution in [0.15, 0.2) is 54.7 Å². The second-order valence-electron chi connectivity index (χ2n) is 9.57. The van der Waals surface area contributed by atoms with E-state index in [0.717, 1.165) is 39.9 Å². The largest absolute Gasteiger partial charge is 0.492 e. The number of fused-ring (bicyclic) bond motifs is 2. The zero-order valence-corrected chi connectivity index (χ0v) is 20.7. The Morgan fingerprint density at radius 1 is 1.16 bits per heavy atom. The zero-order valence-electron chi connectivity index (χ0n) is 20.7. The molecule has 0 unspecified atom stereocenters. The van der Waals surface area contributed by atoms with E-state index in [4.69, 9.17) is 18.9 Å². The number of ether oxygens (including phenoxy) is 4. The van der Waals surface area contributed by atoms with Crippen molar-refractivity contribution in [1.82, 2.24) is 4.98 Å². The van der Waals surface area contributed by atoms with Gasteiger partial charge in [-0.2, -0.15) is 0 Å². The molecular weight excluding hydrogens is 473 g/mol. The topological polar surface area (TPSA) is 66.9 Å². The minimum atomic E-state index is -0.400. The van der Waals surface area contributed by atoms with E-state index < -0.39 is 6.10 Å². The van der Waals surface area contributed by atoms with Gasteiger partial charge in [0.25, 0.3) is 0 Å². The fourth-order valence-corrected chi connectivity index (χ4v) is 5.61. The van der Waals surface area contributed by atoms with Crippen LogP contribution in [0.3, 0.4) is 0 Å². The molecule has 190 valence electrons. The van der Waals surface area contributed by atoms with E-state index in [1.165, 1.54) is 13.2 Å². The molecular formula is C30H28FNO5. The first-order valence-corrected chi connectivity index (χ1v) is 12.7. The molecule has 0 radical (unpaired) electrons. The third kappa shape index (κ3) is 4.48. The van der Waals surface area contributed by atoms with Crippen LogP contribution in [0, 0.1) is 5.82 Å². The van der Waals surface area contributed by atoms with Crippen molar-refractivity contribution >= 4 is 11.5 Å². The lowest BCUT2D eigenvalue weighted by molar-refractivity contribution is -0.141. The van der Waals surface area contributed by atoms with Gasteiger partial charge in [-0.15, -0.1) is 0 Å². The van der Waals surface area contributed by atoms with Crippen LogP contribution in [0.25, 0.3) is 16.7 Å². The highest BCUT2D eigenvalue weighted by Crippen LogP contribution is 2.45. The van der Waals surface area contributed by atoms with Gasteiger partial charge in [0.05, 0.1) is 39.0 Å². The highest BCUT2D eigenvalue weighted by Gasteiger charge is 2.32. The number of nitrogens with zero attached hydrogens (tertiary/aromatic N) is 1. The van der Waals surface area contributed by atoms with Gasteiger partial charge < -0.3 is 18.9 Å². The quantitative estimate of drug-likeness (QED) is 0.398. The minimum Gasteiger partial charge on any atom is -0.492 e. The number of rotatable bonds is 6. The molecule has 1 aromatic heterocycles. The molecule has 0 amide bonds. The summed E-state index contributed by atoms with van der Waals surface area (Å²) in [5, 5.41) is 0. The van der Waals surface area contributed by atoms with Crippen LogP contribution in [0.4, 0.5) is 4.39 Å². The summed E-state index contributed by atoms with van der Waals surface area (Å²) in [6, 6.07) is 13.0. The summed E-state index contributed by atoms with van der Waals surface area (Å²) in [5.41, 5.74) is 6.65. The molecule has 6 rings (SSSR count). The Labute approximate surface area is 215 Å². The number of aromatic nitrogens is 1. The Hall–Kier alpha value is -3.71. The first-order valence-electron chi connectivity index (χ1n) is 12.7. The van der Waals surface area contributed by atoms with Crippen LogP contribution in [0.5, 0.6) is 11.5 Å². The minimum absolute atomic E-state index is 0.0387. The second kappa shape index (κ2) is 9.98. The van der Waals surface area contributed by atoms with Crippen molar-refractivity contribution in [3.63, 3.8) is 0 Å². The number of esters is 1. The molecule has 3 aromatic rings. The van der Waals surface area contributed by atoms with E-state index in [-0.39, 0.29) is 24.1 Å². The molecule has 2 aliphatic heterocycles. The summed E-state index contributed by atoms with van der Waals surface area (Å²) < 4.78 is 37.7. The van der Waals surface area contributed by atoms with Gasteiger partial charge in [0.2, 0.25) is 0 Å². The summed E-state index contributed by atoms with van der Waals surface area (Å²) in [4.78, 5) is 16.4. The third-order valence-corrected chi connectivity index (χ3v) is 7.43. The molecule has 3 aliphatic rings. The van der Waals surface area contributed by atoms with E-state index in [1.807, 2.05) is 30.3 Å². The first kappa shape index (κ1) is 23.7. The average molecular weight is 502 g/mol. The van der Waals surface area contributed by atoms with E-state index in [2.05, 4.69) is 17.1 Å². The highest BCUT2D eigenvalue weighted by molar-refractivity contribution is 5.82. The van der Waals surface area contributed by atoms with Crippen LogP contribution in [0.2, 0.25) is 0 Å². The van der Waals surface area contributed by atoms with Crippen molar-refractivity contribution in [2.24, 2.45) is 0 Å². The Morgan fingerprint density at radius 2 is 2.08 bits per heavy atom. The van der Waals surface area contributed by atoms with Crippen molar-refractivity contribution in [1.29, 1.82) is 0 Å². The van der Waals surface area contributed by atoms with Crippen molar-refractivity contribution in [3.8, 4) is 22.6 Å². The monoisotopic (exact) mass is 501 g/mol. The van der Waals surface area contributed by atoms with E-state index in [1.54, 1.807) is 6.20 Å². The number of carbonyl (C=O) groups is 1. The summed E-state index contributed by atoms with van der Waals surface area (Å²) in [6.07, 6.45) is 5.95. The molecule has 0 fully saturated rings. The molecule has 1 aliphatic carbocycles. The predicted molar refractivity (Wildman–Crippen MR) is 136 cm³/mol. The summed E-state index contributed by atoms with van der Waals surface area (Å²) in [5.74, 6) is 0.759. The first-order chi connectivity index (χ1) is 18.1. The second-order valence-corrected chi connectivity index (χ2v) is 9.57. The van der Waals surface area contributed by atoms with Crippen LogP contribution < -0.4 is 9.47 Å². The normalized spacial score (nSPS) is 20.0. The maximum absolute atomic E-state index is 15.2. The average Bonchev–Trinajstić information content (AvgIpc) is 3.54. The van der Waals surface area contributed by atoms with Gasteiger partial charge in [-0.1, -0.05) is 24.3 Å². The van der Waals surface area contributed by atoms with Crippen molar-refractivity contribution in [2.75, 3.05) is 26.9 Å². The highest BCUT2D eigenvalue weighted by atomic mass is 19.1. The standard InChI is InChI=1S/C30H28FNO5/c1-34-28(33)15-19-17-36-27-16-20(4-5-21(19)27)37-26-9-7-23-22(6-8-25(31)29(23)26)24-3-2-12-32-30(24)18-10-13-35-14-11-18/h2-6,8,10,12,16,19,26H,7,9,11,13-15,17H2,1H3/t19-,26-/m1/s1. The van der Waals surface area contributed by atoms with Gasteiger partial charge in [0, 0.05) is 34.9 Å². The van der Waals surface area contributed by atoms with Gasteiger partial charge in [0.15, 0.2) is 0 Å². The maximum atomic E-state index is 15.2.